The fourth-order valence-electron chi connectivity index (χ4n) is 1.54. The summed E-state index contributed by atoms with van der Waals surface area (Å²) >= 11 is 0. The molecule has 1 heterocycles. The van der Waals surface area contributed by atoms with Gasteiger partial charge in [0.05, 0.1) is 7.11 Å². The van der Waals surface area contributed by atoms with E-state index in [2.05, 4.69) is 9.72 Å². The summed E-state index contributed by atoms with van der Waals surface area (Å²) in [5.41, 5.74) is 1.41. The second kappa shape index (κ2) is 3.94. The van der Waals surface area contributed by atoms with Crippen molar-refractivity contribution in [2.45, 2.75) is 13.0 Å². The molecule has 84 valence electrons. The number of para-hydroxylation sites is 1. The number of nitrogens with zero attached hydrogens (tertiary/aromatic N) is 1. The molecule has 1 aromatic heterocycles. The van der Waals surface area contributed by atoms with Crippen molar-refractivity contribution in [2.75, 3.05) is 7.11 Å². The third-order valence-corrected chi connectivity index (χ3v) is 2.28. The highest BCUT2D eigenvalue weighted by Gasteiger charge is 2.22. The minimum Gasteiger partial charge on any atom is -0.467 e. The number of aliphatic hydroxyl groups is 1. The van der Waals surface area contributed by atoms with Gasteiger partial charge in [-0.05, 0) is 6.07 Å². The molecule has 0 fully saturated rings. The van der Waals surface area contributed by atoms with Crippen molar-refractivity contribution in [3.63, 3.8) is 0 Å². The number of rotatable bonds is 2. The largest absolute Gasteiger partial charge is 0.467 e. The number of ether oxygens (including phenoxy) is 1. The Labute approximate surface area is 91.7 Å². The molecule has 0 aliphatic rings. The highest BCUT2D eigenvalue weighted by molar-refractivity contribution is 5.85. The van der Waals surface area contributed by atoms with E-state index in [1.807, 2.05) is 0 Å². The summed E-state index contributed by atoms with van der Waals surface area (Å²) in [5.74, 6) is -0.229. The lowest BCUT2D eigenvalue weighted by Crippen LogP contribution is -2.13. The molecule has 2 rings (SSSR count). The number of aliphatic hydroxyl groups excluding tert-OH is 1. The summed E-state index contributed by atoms with van der Waals surface area (Å²) < 4.78 is 9.77. The number of carbonyl (C=O) groups excluding carboxylic acids is 1. The molecule has 0 bridgehead atoms. The van der Waals surface area contributed by atoms with Crippen molar-refractivity contribution >= 4 is 17.1 Å². The third-order valence-electron chi connectivity index (χ3n) is 2.28. The van der Waals surface area contributed by atoms with Gasteiger partial charge in [-0.15, -0.1) is 0 Å². The molecule has 16 heavy (non-hydrogen) atoms. The predicted octanol–water partition coefficient (Wildman–Crippen LogP) is 1.34. The molecule has 0 saturated heterocycles. The van der Waals surface area contributed by atoms with Crippen LogP contribution < -0.4 is 0 Å². The van der Waals surface area contributed by atoms with Gasteiger partial charge in [-0.1, -0.05) is 12.1 Å². The highest BCUT2D eigenvalue weighted by Crippen LogP contribution is 2.25. The van der Waals surface area contributed by atoms with Crippen LogP contribution in [0.4, 0.5) is 0 Å². The molecule has 5 heteroatoms. The quantitative estimate of drug-likeness (QED) is 0.775. The Hall–Kier alpha value is -1.88. The number of hydrogen-bond donors (Lipinski definition) is 1. The molecule has 1 N–H and O–H groups in total. The van der Waals surface area contributed by atoms with Gasteiger partial charge in [0.15, 0.2) is 17.6 Å². The smallest absolute Gasteiger partial charge is 0.339 e. The molecule has 1 aromatic carbocycles. The van der Waals surface area contributed by atoms with Gasteiger partial charge in [0.2, 0.25) is 0 Å². The lowest BCUT2D eigenvalue weighted by molar-refractivity contribution is -0.150. The van der Waals surface area contributed by atoms with Crippen molar-refractivity contribution in [2.24, 2.45) is 0 Å². The SMILES string of the molecule is COC(=O)C(O)c1cccc2oc(C)nc12. The van der Waals surface area contributed by atoms with Gasteiger partial charge in [-0.3, -0.25) is 0 Å². The Morgan fingerprint density at radius 1 is 1.56 bits per heavy atom. The number of esters is 1. The molecule has 0 saturated carbocycles. The molecule has 0 aliphatic carbocycles. The maximum atomic E-state index is 11.2. The molecular formula is C11H11NO4. The maximum absolute atomic E-state index is 11.2. The standard InChI is InChI=1S/C11H11NO4/c1-6-12-9-7(10(13)11(14)15-2)4-3-5-8(9)16-6/h3-5,10,13H,1-2H3. The molecule has 2 aromatic rings. The number of carbonyl (C=O) groups is 1. The van der Waals surface area contributed by atoms with Crippen LogP contribution in [-0.2, 0) is 9.53 Å². The second-order valence-corrected chi connectivity index (χ2v) is 3.35. The average molecular weight is 221 g/mol. The molecule has 0 aliphatic heterocycles. The van der Waals surface area contributed by atoms with Gasteiger partial charge < -0.3 is 14.3 Å². The number of hydrogen-bond acceptors (Lipinski definition) is 5. The maximum Gasteiger partial charge on any atom is 0.339 e. The Morgan fingerprint density at radius 3 is 3.00 bits per heavy atom. The summed E-state index contributed by atoms with van der Waals surface area (Å²) in [7, 11) is 1.22. The summed E-state index contributed by atoms with van der Waals surface area (Å²) in [4.78, 5) is 15.3. The highest BCUT2D eigenvalue weighted by atomic mass is 16.5. The van der Waals surface area contributed by atoms with E-state index in [9.17, 15) is 9.90 Å². The molecule has 0 spiro atoms. The number of benzene rings is 1. The van der Waals surface area contributed by atoms with E-state index in [4.69, 9.17) is 4.42 Å². The zero-order valence-corrected chi connectivity index (χ0v) is 8.93. The van der Waals surface area contributed by atoms with Crippen molar-refractivity contribution in [1.29, 1.82) is 0 Å². The minimum atomic E-state index is -1.34. The predicted molar refractivity (Wildman–Crippen MR) is 55.7 cm³/mol. The first-order valence-electron chi connectivity index (χ1n) is 4.75. The van der Waals surface area contributed by atoms with Crippen molar-refractivity contribution in [3.05, 3.63) is 29.7 Å². The van der Waals surface area contributed by atoms with Crippen LogP contribution >= 0.6 is 0 Å². The number of fused-ring (bicyclic) bond motifs is 1. The van der Waals surface area contributed by atoms with Crippen LogP contribution in [0.2, 0.25) is 0 Å². The van der Waals surface area contributed by atoms with Crippen LogP contribution in [-0.4, -0.2) is 23.2 Å². The van der Waals surface area contributed by atoms with Crippen molar-refractivity contribution in [3.8, 4) is 0 Å². The lowest BCUT2D eigenvalue weighted by atomic mass is 10.1. The van der Waals surface area contributed by atoms with Gasteiger partial charge in [0.25, 0.3) is 0 Å². The van der Waals surface area contributed by atoms with Crippen LogP contribution in [0.5, 0.6) is 0 Å². The van der Waals surface area contributed by atoms with Crippen LogP contribution in [0.3, 0.4) is 0 Å². The van der Waals surface area contributed by atoms with Gasteiger partial charge in [-0.2, -0.15) is 0 Å². The zero-order valence-electron chi connectivity index (χ0n) is 8.93. The zero-order chi connectivity index (χ0) is 11.7. The molecule has 0 amide bonds. The van der Waals surface area contributed by atoms with Crippen molar-refractivity contribution < 1.29 is 19.1 Å². The van der Waals surface area contributed by atoms with Crippen LogP contribution in [0.1, 0.15) is 17.6 Å². The van der Waals surface area contributed by atoms with Crippen LogP contribution in [0.15, 0.2) is 22.6 Å². The van der Waals surface area contributed by atoms with E-state index in [1.165, 1.54) is 7.11 Å². The Morgan fingerprint density at radius 2 is 2.31 bits per heavy atom. The van der Waals surface area contributed by atoms with E-state index >= 15 is 0 Å². The number of aromatic nitrogens is 1. The molecule has 1 atom stereocenters. The molecular weight excluding hydrogens is 210 g/mol. The first-order chi connectivity index (χ1) is 7.63. The van der Waals surface area contributed by atoms with E-state index in [-0.39, 0.29) is 0 Å². The normalized spacial score (nSPS) is 12.7. The fraction of sp³-hybridized carbons (Fsp3) is 0.273. The number of oxazole rings is 1. The Bertz CT molecular complexity index is 532. The van der Waals surface area contributed by atoms with E-state index in [1.54, 1.807) is 25.1 Å². The summed E-state index contributed by atoms with van der Waals surface area (Å²) in [6, 6.07) is 5.03. The van der Waals surface area contributed by atoms with E-state index in [0.29, 0.717) is 22.6 Å². The molecule has 5 nitrogen and oxygen atoms in total. The first-order valence-corrected chi connectivity index (χ1v) is 4.75. The average Bonchev–Trinajstić information content (AvgIpc) is 2.66. The second-order valence-electron chi connectivity index (χ2n) is 3.35. The minimum absolute atomic E-state index is 0.390. The first kappa shape index (κ1) is 10.6. The third kappa shape index (κ3) is 1.65. The van der Waals surface area contributed by atoms with E-state index < -0.39 is 12.1 Å². The summed E-state index contributed by atoms with van der Waals surface area (Å²) in [6.45, 7) is 1.70. The summed E-state index contributed by atoms with van der Waals surface area (Å²) in [5, 5.41) is 9.74. The van der Waals surface area contributed by atoms with Crippen molar-refractivity contribution in [1.82, 2.24) is 4.98 Å². The van der Waals surface area contributed by atoms with E-state index in [0.717, 1.165) is 0 Å². The Balaban J connectivity index is 2.55. The van der Waals surface area contributed by atoms with Gasteiger partial charge in [0.1, 0.15) is 5.52 Å². The molecule has 1 unspecified atom stereocenters. The number of methoxy groups -OCH3 is 1. The van der Waals surface area contributed by atoms with Gasteiger partial charge in [0, 0.05) is 12.5 Å². The monoisotopic (exact) mass is 221 g/mol. The van der Waals surface area contributed by atoms with Gasteiger partial charge >= 0.3 is 5.97 Å². The fourth-order valence-corrected chi connectivity index (χ4v) is 1.54. The number of aryl methyl sites for hydroxylation is 1. The molecule has 0 radical (unpaired) electrons. The Kier molecular flexibility index (Phi) is 2.62. The van der Waals surface area contributed by atoms with Crippen LogP contribution in [0, 0.1) is 6.92 Å². The lowest BCUT2D eigenvalue weighted by Gasteiger charge is -2.08. The van der Waals surface area contributed by atoms with Gasteiger partial charge in [-0.25, -0.2) is 9.78 Å². The summed E-state index contributed by atoms with van der Waals surface area (Å²) in [6.07, 6.45) is -1.34. The topological polar surface area (TPSA) is 72.6 Å². The van der Waals surface area contributed by atoms with Crippen LogP contribution in [0.25, 0.3) is 11.1 Å².